The van der Waals surface area contributed by atoms with Crippen LogP contribution in [0.4, 0.5) is 13.2 Å². The predicted octanol–water partition coefficient (Wildman–Crippen LogP) is 3.99. The van der Waals surface area contributed by atoms with Gasteiger partial charge in [-0.2, -0.15) is 13.2 Å². The van der Waals surface area contributed by atoms with E-state index in [-0.39, 0.29) is 11.3 Å². The van der Waals surface area contributed by atoms with E-state index in [0.29, 0.717) is 24.2 Å². The number of fused-ring (bicyclic) bond motifs is 1. The molecule has 0 N–H and O–H groups in total. The number of nitrogens with zero attached hydrogens (tertiary/aromatic N) is 1. The summed E-state index contributed by atoms with van der Waals surface area (Å²) in [5, 5.41) is 0. The minimum absolute atomic E-state index is 0.147. The quantitative estimate of drug-likeness (QED) is 0.767. The Labute approximate surface area is 120 Å². The molecule has 3 rings (SSSR count). The van der Waals surface area contributed by atoms with Crippen LogP contribution in [-0.4, -0.2) is 10.4 Å². The zero-order valence-electron chi connectivity index (χ0n) is 11.5. The van der Waals surface area contributed by atoms with Crippen molar-refractivity contribution in [1.82, 2.24) is 4.57 Å². The number of carbonyl (C=O) groups is 1. The summed E-state index contributed by atoms with van der Waals surface area (Å²) in [6.07, 6.45) is -3.21. The van der Waals surface area contributed by atoms with E-state index >= 15 is 0 Å². The highest BCUT2D eigenvalue weighted by Gasteiger charge is 2.42. The van der Waals surface area contributed by atoms with Crippen LogP contribution in [0, 0.1) is 6.92 Å². The monoisotopic (exact) mass is 293 g/mol. The van der Waals surface area contributed by atoms with Crippen molar-refractivity contribution >= 4 is 5.78 Å². The van der Waals surface area contributed by atoms with Crippen molar-refractivity contribution in [2.24, 2.45) is 0 Å². The van der Waals surface area contributed by atoms with Crippen molar-refractivity contribution in [1.29, 1.82) is 0 Å². The third kappa shape index (κ3) is 2.17. The zero-order valence-corrected chi connectivity index (χ0v) is 11.5. The summed E-state index contributed by atoms with van der Waals surface area (Å²) in [6.45, 7) is 1.99. The van der Waals surface area contributed by atoms with Gasteiger partial charge in [0.2, 0.25) is 0 Å². The van der Waals surface area contributed by atoms with Crippen LogP contribution in [0.1, 0.15) is 39.3 Å². The number of rotatable bonds is 2. The van der Waals surface area contributed by atoms with Crippen LogP contribution in [0.3, 0.4) is 0 Å². The molecule has 5 heteroatoms. The summed E-state index contributed by atoms with van der Waals surface area (Å²) in [6, 6.07) is 8.15. The molecule has 0 aliphatic carbocycles. The fraction of sp³-hybridized carbons (Fsp3) is 0.312. The summed E-state index contributed by atoms with van der Waals surface area (Å²) >= 11 is 0. The topological polar surface area (TPSA) is 22.0 Å². The van der Waals surface area contributed by atoms with E-state index in [1.807, 2.05) is 0 Å². The van der Waals surface area contributed by atoms with Gasteiger partial charge in [0.25, 0.3) is 0 Å². The van der Waals surface area contributed by atoms with E-state index in [1.54, 1.807) is 34.9 Å². The second kappa shape index (κ2) is 4.76. The van der Waals surface area contributed by atoms with Crippen LogP contribution in [0.5, 0.6) is 0 Å². The van der Waals surface area contributed by atoms with Crippen molar-refractivity contribution < 1.29 is 18.0 Å². The van der Waals surface area contributed by atoms with Gasteiger partial charge in [0.05, 0.1) is 11.1 Å². The minimum atomic E-state index is -4.51. The highest BCUT2D eigenvalue weighted by atomic mass is 19.4. The normalized spacial score (nSPS) is 14.3. The standard InChI is InChI=1S/C16H14F3NO/c1-10-14(16(17,18)19)13(12-8-5-9-20(10)12)15(21)11-6-3-2-4-7-11/h2-4,6-7H,5,8-9H2,1H3. The molecular formula is C16H14F3NO. The van der Waals surface area contributed by atoms with Crippen LogP contribution >= 0.6 is 0 Å². The molecule has 1 aliphatic heterocycles. The average Bonchev–Trinajstić information content (AvgIpc) is 3.00. The lowest BCUT2D eigenvalue weighted by atomic mass is 9.97. The molecule has 2 aromatic rings. The van der Waals surface area contributed by atoms with Crippen LogP contribution < -0.4 is 0 Å². The zero-order chi connectivity index (χ0) is 15.2. The first kappa shape index (κ1) is 13.9. The molecule has 21 heavy (non-hydrogen) atoms. The summed E-state index contributed by atoms with van der Waals surface area (Å²) in [7, 11) is 0. The third-order valence-corrected chi connectivity index (χ3v) is 3.97. The molecule has 0 saturated carbocycles. The summed E-state index contributed by atoms with van der Waals surface area (Å²) in [4.78, 5) is 12.6. The molecule has 0 saturated heterocycles. The fourth-order valence-electron chi connectivity index (χ4n) is 3.09. The maximum absolute atomic E-state index is 13.4. The lowest BCUT2D eigenvalue weighted by Gasteiger charge is -2.10. The molecule has 0 spiro atoms. The number of halogens is 3. The van der Waals surface area contributed by atoms with Gasteiger partial charge in [0.1, 0.15) is 0 Å². The number of hydrogen-bond acceptors (Lipinski definition) is 1. The van der Waals surface area contributed by atoms with Gasteiger partial charge < -0.3 is 4.57 Å². The van der Waals surface area contributed by atoms with Gasteiger partial charge in [-0.05, 0) is 19.8 Å². The molecule has 1 aliphatic rings. The third-order valence-electron chi connectivity index (χ3n) is 3.97. The van der Waals surface area contributed by atoms with E-state index in [1.165, 1.54) is 6.92 Å². The first-order chi connectivity index (χ1) is 9.91. The Bertz CT molecular complexity index is 699. The molecular weight excluding hydrogens is 279 g/mol. The minimum Gasteiger partial charge on any atom is -0.347 e. The van der Waals surface area contributed by atoms with Gasteiger partial charge in [-0.3, -0.25) is 4.79 Å². The van der Waals surface area contributed by atoms with Crippen molar-refractivity contribution in [2.75, 3.05) is 0 Å². The molecule has 2 nitrogen and oxygen atoms in total. The lowest BCUT2D eigenvalue weighted by Crippen LogP contribution is -2.14. The van der Waals surface area contributed by atoms with Crippen molar-refractivity contribution in [3.63, 3.8) is 0 Å². The van der Waals surface area contributed by atoms with Crippen molar-refractivity contribution in [2.45, 2.75) is 32.5 Å². The second-order valence-corrected chi connectivity index (χ2v) is 5.23. The molecule has 1 aromatic carbocycles. The van der Waals surface area contributed by atoms with E-state index in [9.17, 15) is 18.0 Å². The first-order valence-corrected chi connectivity index (χ1v) is 6.80. The van der Waals surface area contributed by atoms with Crippen LogP contribution in [-0.2, 0) is 19.1 Å². The Kier molecular flexibility index (Phi) is 3.15. The Morgan fingerprint density at radius 2 is 1.86 bits per heavy atom. The molecule has 0 amide bonds. The van der Waals surface area contributed by atoms with Crippen LogP contribution in [0.25, 0.3) is 0 Å². The number of aromatic nitrogens is 1. The molecule has 0 atom stereocenters. The Morgan fingerprint density at radius 1 is 1.19 bits per heavy atom. The number of hydrogen-bond donors (Lipinski definition) is 0. The summed E-state index contributed by atoms with van der Waals surface area (Å²) in [5.41, 5.74) is 0.0287. The molecule has 0 unspecified atom stereocenters. The van der Waals surface area contributed by atoms with E-state index in [4.69, 9.17) is 0 Å². The Hall–Kier alpha value is -2.04. The molecule has 1 aromatic heterocycles. The van der Waals surface area contributed by atoms with Crippen molar-refractivity contribution in [3.8, 4) is 0 Å². The maximum Gasteiger partial charge on any atom is 0.418 e. The highest BCUT2D eigenvalue weighted by molar-refractivity contribution is 6.11. The molecule has 0 bridgehead atoms. The van der Waals surface area contributed by atoms with E-state index in [2.05, 4.69) is 0 Å². The Balaban J connectivity index is 2.23. The largest absolute Gasteiger partial charge is 0.418 e. The predicted molar refractivity (Wildman–Crippen MR) is 72.4 cm³/mol. The SMILES string of the molecule is Cc1c(C(F)(F)F)c(C(=O)c2ccccc2)c2n1CCC2. The van der Waals surface area contributed by atoms with Gasteiger partial charge in [0, 0.05) is 23.5 Å². The first-order valence-electron chi connectivity index (χ1n) is 6.80. The molecule has 110 valence electrons. The Morgan fingerprint density at radius 3 is 2.48 bits per heavy atom. The van der Waals surface area contributed by atoms with Gasteiger partial charge in [0.15, 0.2) is 5.78 Å². The van der Waals surface area contributed by atoms with E-state index < -0.39 is 17.5 Å². The maximum atomic E-state index is 13.4. The van der Waals surface area contributed by atoms with Gasteiger partial charge >= 0.3 is 6.18 Å². The van der Waals surface area contributed by atoms with E-state index in [0.717, 1.165) is 6.42 Å². The number of ketones is 1. The molecule has 0 fully saturated rings. The summed E-state index contributed by atoms with van der Waals surface area (Å²) in [5.74, 6) is -0.540. The molecule has 2 heterocycles. The van der Waals surface area contributed by atoms with Gasteiger partial charge in [-0.25, -0.2) is 0 Å². The summed E-state index contributed by atoms with van der Waals surface area (Å²) < 4.78 is 41.8. The molecule has 0 radical (unpaired) electrons. The van der Waals surface area contributed by atoms with Gasteiger partial charge in [-0.1, -0.05) is 30.3 Å². The lowest BCUT2D eigenvalue weighted by molar-refractivity contribution is -0.138. The van der Waals surface area contributed by atoms with Crippen LogP contribution in [0.2, 0.25) is 0 Å². The number of carbonyl (C=O) groups excluding carboxylic acids is 1. The highest BCUT2D eigenvalue weighted by Crippen LogP contribution is 2.40. The van der Waals surface area contributed by atoms with Gasteiger partial charge in [-0.15, -0.1) is 0 Å². The fourth-order valence-corrected chi connectivity index (χ4v) is 3.09. The second-order valence-electron chi connectivity index (χ2n) is 5.23. The number of benzene rings is 1. The number of alkyl halides is 3. The smallest absolute Gasteiger partial charge is 0.347 e. The van der Waals surface area contributed by atoms with Crippen molar-refractivity contribution in [3.05, 3.63) is 58.4 Å². The van der Waals surface area contributed by atoms with Crippen LogP contribution in [0.15, 0.2) is 30.3 Å². The average molecular weight is 293 g/mol.